The van der Waals surface area contributed by atoms with Crippen LogP contribution >= 0.6 is 0 Å². The molecule has 1 heterocycles. The molecule has 0 saturated carbocycles. The maximum Gasteiger partial charge on any atom is 0.163 e. The number of methoxy groups -OCH3 is 2. The third-order valence-electron chi connectivity index (χ3n) is 4.73. The first-order valence-electron chi connectivity index (χ1n) is 8.63. The molecule has 0 aliphatic carbocycles. The van der Waals surface area contributed by atoms with Gasteiger partial charge in [-0.2, -0.15) is 0 Å². The molecule has 5 heteroatoms. The second kappa shape index (κ2) is 7.74. The Kier molecular flexibility index (Phi) is 5.43. The largest absolute Gasteiger partial charge is 0.493 e. The third-order valence-corrected chi connectivity index (χ3v) is 4.73. The Balaban J connectivity index is 1.76. The molecule has 0 spiro atoms. The zero-order valence-electron chi connectivity index (χ0n) is 15.0. The molecule has 0 saturated heterocycles. The molecule has 134 valence electrons. The maximum atomic E-state index is 14.4. The van der Waals surface area contributed by atoms with E-state index in [9.17, 15) is 4.39 Å². The van der Waals surface area contributed by atoms with Crippen LogP contribution in [0.5, 0.6) is 11.5 Å². The van der Waals surface area contributed by atoms with Crippen molar-refractivity contribution in [3.8, 4) is 11.5 Å². The van der Waals surface area contributed by atoms with E-state index in [0.717, 1.165) is 19.4 Å². The molecular weight excluding hydrogens is 319 g/mol. The van der Waals surface area contributed by atoms with Gasteiger partial charge in [0, 0.05) is 36.4 Å². The minimum atomic E-state index is -0.300. The van der Waals surface area contributed by atoms with Gasteiger partial charge in [-0.05, 0) is 37.0 Å². The number of aryl methyl sites for hydroxylation is 1. The van der Waals surface area contributed by atoms with Crippen LogP contribution in [-0.2, 0) is 13.0 Å². The first-order valence-corrected chi connectivity index (χ1v) is 8.63. The Hall–Kier alpha value is -2.27. The SMILES string of the molecule is COc1cc(F)c(C(C)NCc2cccc3c2NCCC3)cc1OC. The number of hydrogen-bond acceptors (Lipinski definition) is 4. The predicted molar refractivity (Wildman–Crippen MR) is 98.0 cm³/mol. The van der Waals surface area contributed by atoms with Crippen molar-refractivity contribution in [2.24, 2.45) is 0 Å². The molecule has 1 atom stereocenters. The minimum Gasteiger partial charge on any atom is -0.493 e. The average Bonchev–Trinajstić information content (AvgIpc) is 2.65. The normalized spacial score (nSPS) is 14.4. The van der Waals surface area contributed by atoms with Crippen LogP contribution in [0.25, 0.3) is 0 Å². The number of halogens is 1. The zero-order valence-corrected chi connectivity index (χ0v) is 15.0. The summed E-state index contributed by atoms with van der Waals surface area (Å²) in [5, 5.41) is 6.91. The number of rotatable bonds is 6. The number of fused-ring (bicyclic) bond motifs is 1. The lowest BCUT2D eigenvalue weighted by atomic mass is 9.99. The zero-order chi connectivity index (χ0) is 17.8. The van der Waals surface area contributed by atoms with Gasteiger partial charge in [-0.3, -0.25) is 0 Å². The van der Waals surface area contributed by atoms with Gasteiger partial charge in [0.25, 0.3) is 0 Å². The highest BCUT2D eigenvalue weighted by atomic mass is 19.1. The van der Waals surface area contributed by atoms with Crippen LogP contribution in [0.2, 0.25) is 0 Å². The van der Waals surface area contributed by atoms with E-state index >= 15 is 0 Å². The van der Waals surface area contributed by atoms with Crippen LogP contribution < -0.4 is 20.1 Å². The Labute approximate surface area is 148 Å². The predicted octanol–water partition coefficient (Wildman–Crippen LogP) is 4.05. The van der Waals surface area contributed by atoms with E-state index in [1.807, 2.05) is 6.92 Å². The summed E-state index contributed by atoms with van der Waals surface area (Å²) in [5.41, 5.74) is 4.36. The molecule has 3 rings (SSSR count). The summed E-state index contributed by atoms with van der Waals surface area (Å²) in [4.78, 5) is 0. The number of hydrogen-bond donors (Lipinski definition) is 2. The summed E-state index contributed by atoms with van der Waals surface area (Å²) >= 11 is 0. The van der Waals surface area contributed by atoms with E-state index in [4.69, 9.17) is 9.47 Å². The van der Waals surface area contributed by atoms with Crippen LogP contribution in [-0.4, -0.2) is 20.8 Å². The summed E-state index contributed by atoms with van der Waals surface area (Å²) in [7, 11) is 3.06. The van der Waals surface area contributed by atoms with Crippen molar-refractivity contribution in [2.75, 3.05) is 26.1 Å². The number of benzene rings is 2. The molecule has 0 aromatic heterocycles. The Morgan fingerprint density at radius 1 is 1.20 bits per heavy atom. The van der Waals surface area contributed by atoms with Gasteiger partial charge in [-0.25, -0.2) is 4.39 Å². The van der Waals surface area contributed by atoms with Gasteiger partial charge in [0.15, 0.2) is 11.5 Å². The highest BCUT2D eigenvalue weighted by molar-refractivity contribution is 5.59. The van der Waals surface area contributed by atoms with E-state index in [1.165, 1.54) is 30.0 Å². The average molecular weight is 344 g/mol. The fourth-order valence-corrected chi connectivity index (χ4v) is 3.30. The Morgan fingerprint density at radius 3 is 2.72 bits per heavy atom. The molecule has 1 aliphatic rings. The molecule has 4 nitrogen and oxygen atoms in total. The van der Waals surface area contributed by atoms with Gasteiger partial charge < -0.3 is 20.1 Å². The van der Waals surface area contributed by atoms with Crippen LogP contribution in [0, 0.1) is 5.82 Å². The lowest BCUT2D eigenvalue weighted by molar-refractivity contribution is 0.350. The van der Waals surface area contributed by atoms with E-state index < -0.39 is 0 Å². The van der Waals surface area contributed by atoms with Gasteiger partial charge in [-0.1, -0.05) is 18.2 Å². The van der Waals surface area contributed by atoms with Crippen LogP contribution in [0.15, 0.2) is 30.3 Å². The smallest absolute Gasteiger partial charge is 0.163 e. The summed E-state index contributed by atoms with van der Waals surface area (Å²) in [6, 6.07) is 9.29. The molecule has 1 unspecified atom stereocenters. The minimum absolute atomic E-state index is 0.153. The van der Waals surface area contributed by atoms with Crippen molar-refractivity contribution >= 4 is 5.69 Å². The van der Waals surface area contributed by atoms with E-state index in [2.05, 4.69) is 28.8 Å². The molecular formula is C20H25FN2O2. The van der Waals surface area contributed by atoms with Crippen LogP contribution in [0.1, 0.15) is 36.1 Å². The molecule has 0 bridgehead atoms. The van der Waals surface area contributed by atoms with Crippen molar-refractivity contribution in [2.45, 2.75) is 32.4 Å². The fraction of sp³-hybridized carbons (Fsp3) is 0.400. The highest BCUT2D eigenvalue weighted by Gasteiger charge is 2.17. The van der Waals surface area contributed by atoms with Gasteiger partial charge >= 0.3 is 0 Å². The number of nitrogens with one attached hydrogen (secondary N) is 2. The summed E-state index contributed by atoms with van der Waals surface area (Å²) in [5.74, 6) is 0.634. The van der Waals surface area contributed by atoms with E-state index in [-0.39, 0.29) is 11.9 Å². The lowest BCUT2D eigenvalue weighted by Gasteiger charge is -2.23. The fourth-order valence-electron chi connectivity index (χ4n) is 3.30. The maximum absolute atomic E-state index is 14.4. The molecule has 0 fully saturated rings. The number of anilines is 1. The Bertz CT molecular complexity index is 749. The molecule has 2 aromatic carbocycles. The summed E-state index contributed by atoms with van der Waals surface area (Å²) in [6.07, 6.45) is 2.27. The van der Waals surface area contributed by atoms with Gasteiger partial charge in [0.1, 0.15) is 5.82 Å². The Morgan fingerprint density at radius 2 is 1.96 bits per heavy atom. The first-order chi connectivity index (χ1) is 12.1. The van der Waals surface area contributed by atoms with Gasteiger partial charge in [0.05, 0.1) is 14.2 Å². The topological polar surface area (TPSA) is 42.5 Å². The van der Waals surface area contributed by atoms with Crippen LogP contribution in [0.3, 0.4) is 0 Å². The van der Waals surface area contributed by atoms with Crippen LogP contribution in [0.4, 0.5) is 10.1 Å². The molecule has 2 N–H and O–H groups in total. The second-order valence-electron chi connectivity index (χ2n) is 6.31. The van der Waals surface area contributed by atoms with E-state index in [0.29, 0.717) is 23.6 Å². The third kappa shape index (κ3) is 3.71. The lowest BCUT2D eigenvalue weighted by Crippen LogP contribution is -2.21. The van der Waals surface area contributed by atoms with Crippen molar-refractivity contribution in [1.29, 1.82) is 0 Å². The van der Waals surface area contributed by atoms with Crippen molar-refractivity contribution in [1.82, 2.24) is 5.32 Å². The second-order valence-corrected chi connectivity index (χ2v) is 6.31. The van der Waals surface area contributed by atoms with Gasteiger partial charge in [0.2, 0.25) is 0 Å². The quantitative estimate of drug-likeness (QED) is 0.830. The molecule has 25 heavy (non-hydrogen) atoms. The monoisotopic (exact) mass is 344 g/mol. The first kappa shape index (κ1) is 17.5. The highest BCUT2D eigenvalue weighted by Crippen LogP contribution is 2.33. The molecule has 0 amide bonds. The molecule has 1 aliphatic heterocycles. The molecule has 0 radical (unpaired) electrons. The van der Waals surface area contributed by atoms with E-state index in [1.54, 1.807) is 13.2 Å². The van der Waals surface area contributed by atoms with Gasteiger partial charge in [-0.15, -0.1) is 0 Å². The van der Waals surface area contributed by atoms with Crippen molar-refractivity contribution < 1.29 is 13.9 Å². The van der Waals surface area contributed by atoms with Crippen molar-refractivity contribution in [3.63, 3.8) is 0 Å². The van der Waals surface area contributed by atoms with Crippen molar-refractivity contribution in [3.05, 3.63) is 52.8 Å². The summed E-state index contributed by atoms with van der Waals surface area (Å²) in [6.45, 7) is 3.63. The number of ether oxygens (including phenoxy) is 2. The number of para-hydroxylation sites is 1. The molecule has 2 aromatic rings. The standard InChI is InChI=1S/C20H25FN2O2/c1-13(16-10-18(24-2)19(25-3)11-17(16)21)23-12-15-7-4-6-14-8-5-9-22-20(14)15/h4,6-7,10-11,13,22-23H,5,8-9,12H2,1-3H3. The summed E-state index contributed by atoms with van der Waals surface area (Å²) < 4.78 is 24.9.